The van der Waals surface area contributed by atoms with Gasteiger partial charge in [0.15, 0.2) is 11.5 Å². The van der Waals surface area contributed by atoms with Crippen molar-refractivity contribution >= 4 is 17.8 Å². The molecular formula is C21H24N4O5. The van der Waals surface area contributed by atoms with E-state index in [1.54, 1.807) is 30.5 Å². The number of imide groups is 1. The highest BCUT2D eigenvalue weighted by atomic mass is 16.5. The van der Waals surface area contributed by atoms with Crippen molar-refractivity contribution in [3.8, 4) is 11.5 Å². The maximum Gasteiger partial charge on any atom is 0.325 e. The summed E-state index contributed by atoms with van der Waals surface area (Å²) in [5, 5.41) is 5.40. The number of nitrogens with zero attached hydrogens (tertiary/aromatic N) is 2. The fourth-order valence-electron chi connectivity index (χ4n) is 3.14. The topological polar surface area (TPSA) is 110 Å². The minimum absolute atomic E-state index is 0.105. The highest BCUT2D eigenvalue weighted by molar-refractivity contribution is 6.04. The summed E-state index contributed by atoms with van der Waals surface area (Å²) >= 11 is 0. The second-order valence-corrected chi connectivity index (χ2v) is 6.75. The summed E-state index contributed by atoms with van der Waals surface area (Å²) < 4.78 is 10.5. The molecule has 0 aliphatic carbocycles. The molecule has 9 heteroatoms. The van der Waals surface area contributed by atoms with Gasteiger partial charge in [-0.2, -0.15) is 0 Å². The zero-order valence-electron chi connectivity index (χ0n) is 16.9. The van der Waals surface area contributed by atoms with Crippen molar-refractivity contribution in [3.63, 3.8) is 0 Å². The zero-order chi connectivity index (χ0) is 21.5. The Morgan fingerprint density at radius 2 is 1.97 bits per heavy atom. The fourth-order valence-corrected chi connectivity index (χ4v) is 3.14. The molecule has 1 atom stereocenters. The van der Waals surface area contributed by atoms with Crippen LogP contribution in [0.5, 0.6) is 11.5 Å². The molecule has 158 valence electrons. The van der Waals surface area contributed by atoms with Crippen molar-refractivity contribution in [1.82, 2.24) is 20.5 Å². The van der Waals surface area contributed by atoms with E-state index in [9.17, 15) is 14.4 Å². The van der Waals surface area contributed by atoms with E-state index in [0.29, 0.717) is 18.0 Å². The Labute approximate surface area is 174 Å². The van der Waals surface area contributed by atoms with Crippen molar-refractivity contribution in [2.24, 2.45) is 0 Å². The molecule has 4 amide bonds. The lowest BCUT2D eigenvalue weighted by atomic mass is 10.1. The van der Waals surface area contributed by atoms with Crippen LogP contribution < -0.4 is 20.1 Å². The van der Waals surface area contributed by atoms with Gasteiger partial charge < -0.3 is 20.1 Å². The predicted octanol–water partition coefficient (Wildman–Crippen LogP) is 1.62. The number of amides is 4. The molecule has 1 unspecified atom stereocenters. The van der Waals surface area contributed by atoms with E-state index < -0.39 is 12.1 Å². The first kappa shape index (κ1) is 21.1. The average Bonchev–Trinajstić information content (AvgIpc) is 3.04. The molecule has 0 spiro atoms. The average molecular weight is 412 g/mol. The summed E-state index contributed by atoms with van der Waals surface area (Å²) in [6.07, 6.45) is 2.00. The van der Waals surface area contributed by atoms with Gasteiger partial charge in [0.2, 0.25) is 5.91 Å². The molecule has 2 N–H and O–H groups in total. The Bertz CT molecular complexity index is 919. The normalized spacial score (nSPS) is 15.7. The van der Waals surface area contributed by atoms with E-state index >= 15 is 0 Å². The molecule has 1 saturated heterocycles. The lowest BCUT2D eigenvalue weighted by Crippen LogP contribution is -2.32. The molecule has 1 aromatic carbocycles. The van der Waals surface area contributed by atoms with Gasteiger partial charge in [-0.25, -0.2) is 4.79 Å². The van der Waals surface area contributed by atoms with Gasteiger partial charge in [-0.3, -0.25) is 19.5 Å². The van der Waals surface area contributed by atoms with Crippen molar-refractivity contribution < 1.29 is 23.9 Å². The molecule has 30 heavy (non-hydrogen) atoms. The standard InChI is InChI=1S/C21H24N4O5/c1-29-17-8-6-14(11-18(17)30-2)13-25-20(27)16(24-21(25)28)7-9-19(26)23-12-15-5-3-4-10-22-15/h3-6,8,10-11,16H,7,9,12-13H2,1-2H3,(H,23,26)(H,24,28). The molecule has 0 saturated carbocycles. The van der Waals surface area contributed by atoms with Gasteiger partial charge in [0, 0.05) is 12.6 Å². The number of carbonyl (C=O) groups is 3. The monoisotopic (exact) mass is 412 g/mol. The number of benzene rings is 1. The molecule has 3 rings (SSSR count). The van der Waals surface area contributed by atoms with Gasteiger partial charge in [-0.05, 0) is 36.2 Å². The lowest BCUT2D eigenvalue weighted by molar-refractivity contribution is -0.128. The van der Waals surface area contributed by atoms with Crippen LogP contribution in [0, 0.1) is 0 Å². The third-order valence-corrected chi connectivity index (χ3v) is 4.75. The van der Waals surface area contributed by atoms with Crippen LogP contribution in [0.1, 0.15) is 24.1 Å². The van der Waals surface area contributed by atoms with Gasteiger partial charge in [0.1, 0.15) is 6.04 Å². The second kappa shape index (κ2) is 9.73. The van der Waals surface area contributed by atoms with Crippen molar-refractivity contribution in [2.75, 3.05) is 14.2 Å². The number of rotatable bonds is 9. The Kier molecular flexibility index (Phi) is 6.84. The maximum atomic E-state index is 12.6. The number of hydrogen-bond acceptors (Lipinski definition) is 6. The zero-order valence-corrected chi connectivity index (χ0v) is 16.9. The minimum atomic E-state index is -0.724. The summed E-state index contributed by atoms with van der Waals surface area (Å²) in [5.41, 5.74) is 1.47. The molecule has 1 aliphatic heterocycles. The third kappa shape index (κ3) is 5.05. The molecule has 1 aromatic heterocycles. The van der Waals surface area contributed by atoms with E-state index in [1.165, 1.54) is 14.2 Å². The summed E-state index contributed by atoms with van der Waals surface area (Å²) in [6.45, 7) is 0.420. The molecule has 1 aliphatic rings. The first-order valence-corrected chi connectivity index (χ1v) is 9.51. The molecule has 0 radical (unpaired) electrons. The SMILES string of the molecule is COc1ccc(CN2C(=O)NC(CCC(=O)NCc3ccccn3)C2=O)cc1OC. The van der Waals surface area contributed by atoms with Crippen LogP contribution in [-0.2, 0) is 22.7 Å². The lowest BCUT2D eigenvalue weighted by Gasteiger charge is -2.15. The number of hydrogen-bond donors (Lipinski definition) is 2. The summed E-state index contributed by atoms with van der Waals surface area (Å²) in [7, 11) is 3.05. The molecule has 0 bridgehead atoms. The maximum absolute atomic E-state index is 12.6. The van der Waals surface area contributed by atoms with Crippen molar-refractivity contribution in [2.45, 2.75) is 32.0 Å². The minimum Gasteiger partial charge on any atom is -0.493 e. The number of ether oxygens (including phenoxy) is 2. The summed E-state index contributed by atoms with van der Waals surface area (Å²) in [5.74, 6) is 0.518. The Hall–Kier alpha value is -3.62. The quantitative estimate of drug-likeness (QED) is 0.606. The van der Waals surface area contributed by atoms with Gasteiger partial charge in [0.05, 0.1) is 33.0 Å². The van der Waals surface area contributed by atoms with E-state index in [2.05, 4.69) is 15.6 Å². The van der Waals surface area contributed by atoms with Gasteiger partial charge in [0.25, 0.3) is 5.91 Å². The van der Waals surface area contributed by atoms with E-state index in [-0.39, 0.29) is 31.2 Å². The van der Waals surface area contributed by atoms with Crippen molar-refractivity contribution in [3.05, 3.63) is 53.9 Å². The molecule has 9 nitrogen and oxygen atoms in total. The van der Waals surface area contributed by atoms with Crippen LogP contribution in [0.25, 0.3) is 0 Å². The highest BCUT2D eigenvalue weighted by Gasteiger charge is 2.37. The van der Waals surface area contributed by atoms with Crippen molar-refractivity contribution in [1.29, 1.82) is 0 Å². The molecular weight excluding hydrogens is 388 g/mol. The Morgan fingerprint density at radius 3 is 2.67 bits per heavy atom. The van der Waals surface area contributed by atoms with Crippen LogP contribution in [0.15, 0.2) is 42.6 Å². The Balaban J connectivity index is 1.52. The predicted molar refractivity (Wildman–Crippen MR) is 108 cm³/mol. The summed E-state index contributed by atoms with van der Waals surface area (Å²) in [6, 6.07) is 9.45. The largest absolute Gasteiger partial charge is 0.493 e. The number of aromatic nitrogens is 1. The van der Waals surface area contributed by atoms with Crippen LogP contribution in [0.3, 0.4) is 0 Å². The van der Waals surface area contributed by atoms with Crippen LogP contribution in [-0.4, -0.2) is 48.0 Å². The van der Waals surface area contributed by atoms with Crippen LogP contribution >= 0.6 is 0 Å². The fraction of sp³-hybridized carbons (Fsp3) is 0.333. The number of nitrogens with one attached hydrogen (secondary N) is 2. The first-order chi connectivity index (χ1) is 14.5. The van der Waals surface area contributed by atoms with Gasteiger partial charge in [-0.15, -0.1) is 0 Å². The summed E-state index contributed by atoms with van der Waals surface area (Å²) in [4.78, 5) is 42.2. The van der Waals surface area contributed by atoms with Gasteiger partial charge in [-0.1, -0.05) is 12.1 Å². The number of methoxy groups -OCH3 is 2. The smallest absolute Gasteiger partial charge is 0.325 e. The molecule has 1 fully saturated rings. The van der Waals surface area contributed by atoms with Crippen LogP contribution in [0.2, 0.25) is 0 Å². The van der Waals surface area contributed by atoms with E-state index in [4.69, 9.17) is 9.47 Å². The van der Waals surface area contributed by atoms with E-state index in [0.717, 1.165) is 16.2 Å². The molecule has 2 heterocycles. The number of carbonyl (C=O) groups excluding carboxylic acids is 3. The number of pyridine rings is 1. The second-order valence-electron chi connectivity index (χ2n) is 6.75. The first-order valence-electron chi connectivity index (χ1n) is 9.51. The molecule has 2 aromatic rings. The van der Waals surface area contributed by atoms with Gasteiger partial charge >= 0.3 is 6.03 Å². The third-order valence-electron chi connectivity index (χ3n) is 4.75. The number of urea groups is 1. The van der Waals surface area contributed by atoms with Crippen LogP contribution in [0.4, 0.5) is 4.79 Å². The Morgan fingerprint density at radius 1 is 1.17 bits per heavy atom. The highest BCUT2D eigenvalue weighted by Crippen LogP contribution is 2.28. The van der Waals surface area contributed by atoms with E-state index in [1.807, 2.05) is 12.1 Å².